The van der Waals surface area contributed by atoms with E-state index in [1.807, 2.05) is 0 Å². The van der Waals surface area contributed by atoms with E-state index in [4.69, 9.17) is 5.73 Å². The van der Waals surface area contributed by atoms with Gasteiger partial charge in [-0.15, -0.1) is 0 Å². The van der Waals surface area contributed by atoms with E-state index in [9.17, 15) is 24.9 Å². The van der Waals surface area contributed by atoms with Crippen LogP contribution in [-0.4, -0.2) is 33.3 Å². The number of carbonyl (C=O) groups is 2. The number of nitrogens with two attached hydrogens (primary N) is 1. The van der Waals surface area contributed by atoms with Crippen molar-refractivity contribution in [3.8, 4) is 5.75 Å². The van der Waals surface area contributed by atoms with Crippen molar-refractivity contribution in [2.75, 3.05) is 0 Å². The molecular formula is C29H45NO5. The van der Waals surface area contributed by atoms with Gasteiger partial charge in [-0.2, -0.15) is 0 Å². The monoisotopic (exact) mass is 487 g/mol. The van der Waals surface area contributed by atoms with Gasteiger partial charge in [-0.3, -0.25) is 4.79 Å². The molecule has 0 aliphatic carbocycles. The molecule has 6 heteroatoms. The number of rotatable bonds is 19. The SMILES string of the molecule is CCCC=CCC(=CCCCCCCCc1cccc(O)c1C(=O)O)C(CCCC)C(N)C(=O)O. The van der Waals surface area contributed by atoms with Gasteiger partial charge in [0.05, 0.1) is 0 Å². The molecule has 2 atom stereocenters. The molecule has 0 aromatic heterocycles. The molecule has 0 saturated heterocycles. The first-order valence-electron chi connectivity index (χ1n) is 13.2. The van der Waals surface area contributed by atoms with E-state index >= 15 is 0 Å². The zero-order valence-corrected chi connectivity index (χ0v) is 21.5. The van der Waals surface area contributed by atoms with Crippen molar-refractivity contribution in [3.63, 3.8) is 0 Å². The summed E-state index contributed by atoms with van der Waals surface area (Å²) in [7, 11) is 0. The summed E-state index contributed by atoms with van der Waals surface area (Å²) in [6.07, 6.45) is 18.7. The highest BCUT2D eigenvalue weighted by Crippen LogP contribution is 2.26. The molecule has 0 radical (unpaired) electrons. The maximum Gasteiger partial charge on any atom is 0.339 e. The minimum absolute atomic E-state index is 0.00958. The Morgan fingerprint density at radius 1 is 0.943 bits per heavy atom. The Morgan fingerprint density at radius 3 is 2.31 bits per heavy atom. The lowest BCUT2D eigenvalue weighted by molar-refractivity contribution is -0.139. The number of aromatic carboxylic acids is 1. The van der Waals surface area contributed by atoms with Gasteiger partial charge in [0.15, 0.2) is 0 Å². The van der Waals surface area contributed by atoms with Crippen LogP contribution >= 0.6 is 0 Å². The number of aliphatic carboxylic acids is 1. The summed E-state index contributed by atoms with van der Waals surface area (Å²) in [5.41, 5.74) is 7.92. The summed E-state index contributed by atoms with van der Waals surface area (Å²) in [5, 5.41) is 28.7. The third kappa shape index (κ3) is 11.6. The predicted octanol–water partition coefficient (Wildman–Crippen LogP) is 6.86. The molecule has 5 N–H and O–H groups in total. The largest absolute Gasteiger partial charge is 0.507 e. The van der Waals surface area contributed by atoms with Crippen molar-refractivity contribution in [2.45, 2.75) is 103 Å². The number of phenols is 1. The van der Waals surface area contributed by atoms with Crippen LogP contribution in [-0.2, 0) is 11.2 Å². The number of hydrogen-bond acceptors (Lipinski definition) is 4. The van der Waals surface area contributed by atoms with Crippen molar-refractivity contribution < 1.29 is 24.9 Å². The van der Waals surface area contributed by atoms with Crippen molar-refractivity contribution in [1.82, 2.24) is 0 Å². The van der Waals surface area contributed by atoms with Crippen LogP contribution in [0.15, 0.2) is 42.0 Å². The summed E-state index contributed by atoms with van der Waals surface area (Å²) >= 11 is 0. The van der Waals surface area contributed by atoms with Gasteiger partial charge in [0.1, 0.15) is 17.4 Å². The Bertz CT molecular complexity index is 830. The van der Waals surface area contributed by atoms with Gasteiger partial charge in [0.2, 0.25) is 0 Å². The van der Waals surface area contributed by atoms with Crippen molar-refractivity contribution in [3.05, 3.63) is 53.1 Å². The lowest BCUT2D eigenvalue weighted by Crippen LogP contribution is -2.39. The van der Waals surface area contributed by atoms with Crippen LogP contribution in [0.1, 0.15) is 107 Å². The van der Waals surface area contributed by atoms with Crippen molar-refractivity contribution >= 4 is 11.9 Å². The molecular weight excluding hydrogens is 442 g/mol. The molecule has 0 spiro atoms. The lowest BCUT2D eigenvalue weighted by Gasteiger charge is -2.24. The molecule has 0 aliphatic heterocycles. The normalized spacial score (nSPS) is 13.7. The van der Waals surface area contributed by atoms with Crippen molar-refractivity contribution in [2.24, 2.45) is 11.7 Å². The Balaban J connectivity index is 2.59. The van der Waals surface area contributed by atoms with Gasteiger partial charge < -0.3 is 21.1 Å². The molecule has 196 valence electrons. The maximum atomic E-state index is 11.6. The smallest absolute Gasteiger partial charge is 0.339 e. The molecule has 1 aromatic carbocycles. The van der Waals surface area contributed by atoms with Crippen LogP contribution < -0.4 is 5.73 Å². The molecule has 0 amide bonds. The lowest BCUT2D eigenvalue weighted by atomic mass is 9.84. The van der Waals surface area contributed by atoms with Gasteiger partial charge in [-0.05, 0) is 56.6 Å². The summed E-state index contributed by atoms with van der Waals surface area (Å²) in [4.78, 5) is 23.0. The van der Waals surface area contributed by atoms with Gasteiger partial charge in [0.25, 0.3) is 0 Å². The molecule has 0 aliphatic rings. The number of aromatic hydroxyl groups is 1. The molecule has 0 fully saturated rings. The molecule has 35 heavy (non-hydrogen) atoms. The highest BCUT2D eigenvalue weighted by atomic mass is 16.4. The minimum Gasteiger partial charge on any atom is -0.507 e. The zero-order valence-electron chi connectivity index (χ0n) is 21.5. The molecule has 1 aromatic rings. The fraction of sp³-hybridized carbons (Fsp3) is 0.586. The fourth-order valence-corrected chi connectivity index (χ4v) is 4.40. The highest BCUT2D eigenvalue weighted by Gasteiger charge is 2.26. The second-order valence-corrected chi connectivity index (χ2v) is 9.28. The third-order valence-electron chi connectivity index (χ3n) is 6.44. The Labute approximate surface area is 210 Å². The van der Waals surface area contributed by atoms with E-state index in [1.165, 1.54) is 6.07 Å². The van der Waals surface area contributed by atoms with Gasteiger partial charge in [-0.1, -0.05) is 88.3 Å². The number of allylic oxidation sites excluding steroid dienone is 3. The Morgan fingerprint density at radius 2 is 1.66 bits per heavy atom. The summed E-state index contributed by atoms with van der Waals surface area (Å²) in [6, 6.07) is 3.98. The quantitative estimate of drug-likeness (QED) is 0.125. The Kier molecular flexibility index (Phi) is 15.5. The maximum absolute atomic E-state index is 11.6. The second-order valence-electron chi connectivity index (χ2n) is 9.28. The second kappa shape index (κ2) is 17.8. The van der Waals surface area contributed by atoms with Crippen molar-refractivity contribution in [1.29, 1.82) is 0 Å². The van der Waals surface area contributed by atoms with E-state index in [0.717, 1.165) is 82.6 Å². The first-order valence-corrected chi connectivity index (χ1v) is 13.2. The molecule has 1 rings (SSSR count). The van der Waals surface area contributed by atoms with Crippen LogP contribution in [0.25, 0.3) is 0 Å². The van der Waals surface area contributed by atoms with E-state index in [0.29, 0.717) is 12.0 Å². The number of aryl methyl sites for hydroxylation is 1. The van der Waals surface area contributed by atoms with Crippen LogP contribution in [0.5, 0.6) is 5.75 Å². The van der Waals surface area contributed by atoms with E-state index < -0.39 is 18.0 Å². The number of benzene rings is 1. The number of unbranched alkanes of at least 4 members (excludes halogenated alkanes) is 7. The predicted molar refractivity (Wildman–Crippen MR) is 142 cm³/mol. The first-order chi connectivity index (χ1) is 16.8. The van der Waals surface area contributed by atoms with Crippen LogP contribution in [0.2, 0.25) is 0 Å². The first kappa shape index (κ1) is 30.4. The van der Waals surface area contributed by atoms with Crippen LogP contribution in [0, 0.1) is 5.92 Å². The van der Waals surface area contributed by atoms with E-state index in [-0.39, 0.29) is 17.2 Å². The number of carboxylic acids is 2. The number of carboxylic acid groups (broad SMARTS) is 2. The van der Waals surface area contributed by atoms with Gasteiger partial charge >= 0.3 is 11.9 Å². The fourth-order valence-electron chi connectivity index (χ4n) is 4.40. The van der Waals surface area contributed by atoms with E-state index in [2.05, 4.69) is 32.1 Å². The topological polar surface area (TPSA) is 121 Å². The average Bonchev–Trinajstić information content (AvgIpc) is 2.82. The standard InChI is InChI=1S/C29H45NO5/c1-3-5-7-12-16-22(24(20-6-4-2)27(30)29(34)35)17-13-10-8-9-11-14-18-23-19-15-21-25(31)26(23)28(32)33/h7,12,15,17,19,21,24,27,31H,3-6,8-11,13-14,16,18,20,30H2,1-2H3,(H,32,33)(H,34,35). The molecule has 0 bridgehead atoms. The van der Waals surface area contributed by atoms with E-state index in [1.54, 1.807) is 12.1 Å². The molecule has 0 saturated carbocycles. The third-order valence-corrected chi connectivity index (χ3v) is 6.44. The summed E-state index contributed by atoms with van der Waals surface area (Å²) in [5.74, 6) is -2.34. The minimum atomic E-state index is -1.09. The highest BCUT2D eigenvalue weighted by molar-refractivity contribution is 5.92. The molecule has 6 nitrogen and oxygen atoms in total. The molecule has 0 heterocycles. The summed E-state index contributed by atoms with van der Waals surface area (Å²) < 4.78 is 0. The van der Waals surface area contributed by atoms with Gasteiger partial charge in [-0.25, -0.2) is 4.79 Å². The molecule has 2 unspecified atom stereocenters. The van der Waals surface area contributed by atoms with Crippen LogP contribution in [0.4, 0.5) is 0 Å². The van der Waals surface area contributed by atoms with Gasteiger partial charge in [0, 0.05) is 5.92 Å². The zero-order chi connectivity index (χ0) is 26.1. The van der Waals surface area contributed by atoms with Crippen LogP contribution in [0.3, 0.4) is 0 Å². The average molecular weight is 488 g/mol. The number of hydrogen-bond donors (Lipinski definition) is 4. The Hall–Kier alpha value is -2.60. The summed E-state index contributed by atoms with van der Waals surface area (Å²) in [6.45, 7) is 4.25.